The van der Waals surface area contributed by atoms with Crippen LogP contribution in [0.3, 0.4) is 0 Å². The number of hydrogen-bond acceptors (Lipinski definition) is 5. The number of nitrogens with one attached hydrogen (secondary N) is 1. The molecule has 2 atom stereocenters. The highest BCUT2D eigenvalue weighted by Crippen LogP contribution is 2.43. The number of hydrogen-bond donors (Lipinski definition) is 2. The lowest BCUT2D eigenvalue weighted by Gasteiger charge is -2.43. The number of Topliss-reactive ketones (excluding diaryl/α,β-unsaturated/α-hetero) is 1. The van der Waals surface area contributed by atoms with E-state index in [1.165, 1.54) is 4.90 Å². The first kappa shape index (κ1) is 23.2. The summed E-state index contributed by atoms with van der Waals surface area (Å²) in [6.45, 7) is 6.81. The Hall–Kier alpha value is -1.44. The van der Waals surface area contributed by atoms with E-state index in [1.54, 1.807) is 0 Å². The van der Waals surface area contributed by atoms with Crippen LogP contribution in [0.1, 0.15) is 64.4 Å². The monoisotopic (exact) mass is 480 g/mol. The van der Waals surface area contributed by atoms with Gasteiger partial charge in [0.1, 0.15) is 11.6 Å². The van der Waals surface area contributed by atoms with Crippen molar-refractivity contribution in [1.82, 2.24) is 10.2 Å². The number of halogens is 1. The highest BCUT2D eigenvalue weighted by molar-refractivity contribution is 9.10. The molecule has 2 unspecified atom stereocenters. The molecule has 0 spiro atoms. The third-order valence-electron chi connectivity index (χ3n) is 5.96. The van der Waals surface area contributed by atoms with Crippen LogP contribution >= 0.6 is 15.9 Å². The Morgan fingerprint density at radius 1 is 1.23 bits per heavy atom. The Kier molecular flexibility index (Phi) is 7.25. The number of benzene rings is 1. The maximum atomic E-state index is 14.0. The van der Waals surface area contributed by atoms with Crippen LogP contribution in [0.25, 0.3) is 0 Å². The van der Waals surface area contributed by atoms with Gasteiger partial charge in [-0.25, -0.2) is 4.79 Å². The highest BCUT2D eigenvalue weighted by atomic mass is 79.9. The van der Waals surface area contributed by atoms with E-state index in [2.05, 4.69) is 21.2 Å². The Balaban J connectivity index is 1.96. The Morgan fingerprint density at radius 3 is 2.53 bits per heavy atom. The number of rotatable bonds is 4. The summed E-state index contributed by atoms with van der Waals surface area (Å²) in [5, 5.41) is 14.9. The maximum Gasteiger partial charge on any atom is 0.410 e. The molecule has 6 nitrogen and oxygen atoms in total. The Morgan fingerprint density at radius 2 is 1.90 bits per heavy atom. The number of aliphatic hydroxyl groups is 1. The fourth-order valence-corrected chi connectivity index (χ4v) is 5.07. The van der Waals surface area contributed by atoms with Crippen LogP contribution in [-0.4, -0.2) is 58.8 Å². The van der Waals surface area contributed by atoms with Crippen LogP contribution in [0.5, 0.6) is 0 Å². The lowest BCUT2D eigenvalue weighted by Crippen LogP contribution is -2.60. The van der Waals surface area contributed by atoms with E-state index in [0.29, 0.717) is 32.5 Å². The average Bonchev–Trinajstić information content (AvgIpc) is 2.68. The van der Waals surface area contributed by atoms with Gasteiger partial charge in [0.05, 0.1) is 11.5 Å². The van der Waals surface area contributed by atoms with Gasteiger partial charge in [0.15, 0.2) is 5.78 Å². The first-order valence-electron chi connectivity index (χ1n) is 10.8. The van der Waals surface area contributed by atoms with Crippen LogP contribution in [0.4, 0.5) is 4.79 Å². The van der Waals surface area contributed by atoms with Gasteiger partial charge in [0, 0.05) is 24.1 Å². The number of carbonyl (C=O) groups is 2. The molecule has 0 bridgehead atoms. The molecule has 2 N–H and O–H groups in total. The second kappa shape index (κ2) is 9.37. The molecular weight excluding hydrogens is 448 g/mol. The molecule has 1 saturated carbocycles. The maximum absolute atomic E-state index is 14.0. The zero-order valence-electron chi connectivity index (χ0n) is 18.1. The fourth-order valence-electron chi connectivity index (χ4n) is 4.56. The predicted molar refractivity (Wildman–Crippen MR) is 120 cm³/mol. The first-order valence-corrected chi connectivity index (χ1v) is 11.6. The van der Waals surface area contributed by atoms with E-state index in [-0.39, 0.29) is 5.78 Å². The van der Waals surface area contributed by atoms with Gasteiger partial charge in [-0.1, -0.05) is 53.4 Å². The average molecular weight is 481 g/mol. The highest BCUT2D eigenvalue weighted by Gasteiger charge is 2.48. The molecule has 166 valence electrons. The van der Waals surface area contributed by atoms with Crippen molar-refractivity contribution in [3.8, 4) is 0 Å². The molecule has 1 amide bonds. The molecule has 7 heteroatoms. The van der Waals surface area contributed by atoms with Crippen molar-refractivity contribution in [2.24, 2.45) is 0 Å². The smallest absolute Gasteiger partial charge is 0.410 e. The summed E-state index contributed by atoms with van der Waals surface area (Å²) in [7, 11) is 0. The summed E-state index contributed by atoms with van der Waals surface area (Å²) in [5.74, 6) is -0.840. The predicted octanol–water partition coefficient (Wildman–Crippen LogP) is 4.01. The van der Waals surface area contributed by atoms with Gasteiger partial charge in [-0.05, 0) is 45.2 Å². The minimum Gasteiger partial charge on any atom is -0.444 e. The van der Waals surface area contributed by atoms with E-state index in [4.69, 9.17) is 4.74 Å². The summed E-state index contributed by atoms with van der Waals surface area (Å²) < 4.78 is 6.37. The van der Waals surface area contributed by atoms with E-state index in [1.807, 2.05) is 45.0 Å². The quantitative estimate of drug-likeness (QED) is 0.680. The van der Waals surface area contributed by atoms with Crippen LogP contribution < -0.4 is 5.32 Å². The summed E-state index contributed by atoms with van der Waals surface area (Å²) in [6.07, 6.45) is 3.53. The molecule has 1 aliphatic heterocycles. The van der Waals surface area contributed by atoms with Crippen molar-refractivity contribution in [2.75, 3.05) is 19.6 Å². The molecular formula is C23H33BrN2O4. The minimum atomic E-state index is -1.11. The molecule has 2 fully saturated rings. The number of carbonyl (C=O) groups excluding carboxylic acids is 2. The van der Waals surface area contributed by atoms with Crippen molar-refractivity contribution in [2.45, 2.75) is 76.0 Å². The normalized spacial score (nSPS) is 23.0. The molecule has 1 aromatic carbocycles. The van der Waals surface area contributed by atoms with Crippen LogP contribution in [0.2, 0.25) is 0 Å². The van der Waals surface area contributed by atoms with Gasteiger partial charge < -0.3 is 15.2 Å². The van der Waals surface area contributed by atoms with Gasteiger partial charge in [-0.3, -0.25) is 9.69 Å². The third-order valence-corrected chi connectivity index (χ3v) is 6.68. The van der Waals surface area contributed by atoms with Gasteiger partial charge in [0.25, 0.3) is 0 Å². The zero-order chi connectivity index (χ0) is 21.9. The molecule has 30 heavy (non-hydrogen) atoms. The molecule has 1 aliphatic carbocycles. The van der Waals surface area contributed by atoms with Crippen molar-refractivity contribution >= 4 is 27.8 Å². The fraction of sp³-hybridized carbons (Fsp3) is 0.652. The van der Waals surface area contributed by atoms with Crippen molar-refractivity contribution in [1.29, 1.82) is 0 Å². The lowest BCUT2D eigenvalue weighted by atomic mass is 9.69. The molecule has 3 rings (SSSR count). The lowest BCUT2D eigenvalue weighted by molar-refractivity contribution is -0.135. The van der Waals surface area contributed by atoms with Crippen LogP contribution in [-0.2, 0) is 9.53 Å². The largest absolute Gasteiger partial charge is 0.444 e. The first-order chi connectivity index (χ1) is 14.1. The van der Waals surface area contributed by atoms with Gasteiger partial charge in [-0.2, -0.15) is 0 Å². The molecule has 1 heterocycles. The number of nitrogens with zero attached hydrogens (tertiary/aromatic N) is 1. The molecule has 1 saturated heterocycles. The van der Waals surface area contributed by atoms with E-state index in [0.717, 1.165) is 29.3 Å². The van der Waals surface area contributed by atoms with E-state index < -0.39 is 29.3 Å². The number of ether oxygens (including phenoxy) is 1. The van der Waals surface area contributed by atoms with E-state index >= 15 is 0 Å². The van der Waals surface area contributed by atoms with Gasteiger partial charge in [0.2, 0.25) is 0 Å². The minimum absolute atomic E-state index is 0.135. The zero-order valence-corrected chi connectivity index (χ0v) is 19.7. The second-order valence-corrected chi connectivity index (χ2v) is 10.3. The van der Waals surface area contributed by atoms with E-state index in [9.17, 15) is 14.7 Å². The van der Waals surface area contributed by atoms with Crippen molar-refractivity contribution in [3.05, 3.63) is 34.3 Å². The molecule has 1 aromatic rings. The number of amides is 1. The van der Waals surface area contributed by atoms with Crippen molar-refractivity contribution < 1.29 is 19.4 Å². The van der Waals surface area contributed by atoms with Gasteiger partial charge >= 0.3 is 6.09 Å². The number of ketones is 1. The number of piperazine rings is 1. The topological polar surface area (TPSA) is 78.9 Å². The third kappa shape index (κ3) is 5.24. The van der Waals surface area contributed by atoms with Crippen LogP contribution in [0, 0.1) is 0 Å². The second-order valence-electron chi connectivity index (χ2n) is 9.41. The summed E-state index contributed by atoms with van der Waals surface area (Å²) >= 11 is 3.58. The summed E-state index contributed by atoms with van der Waals surface area (Å²) in [5.41, 5.74) is -0.975. The van der Waals surface area contributed by atoms with Crippen LogP contribution in [0.15, 0.2) is 28.7 Å². The summed E-state index contributed by atoms with van der Waals surface area (Å²) in [4.78, 5) is 28.4. The Bertz CT molecular complexity index is 771. The van der Waals surface area contributed by atoms with Crippen molar-refractivity contribution in [3.63, 3.8) is 0 Å². The standard InChI is InChI=1S/C23H33BrN2O4/c1-22(2,3)30-21(28)26-14-13-25-15-18(26)20(27)19(16-9-5-6-10-17(16)24)23(29)11-7-4-8-12-23/h5-6,9-10,18-19,25,29H,4,7-8,11-15H2,1-3H3. The molecule has 0 aromatic heterocycles. The molecule has 2 aliphatic rings. The molecule has 0 radical (unpaired) electrons. The SMILES string of the molecule is CC(C)(C)OC(=O)N1CCNCC1C(=O)C(c1ccccc1Br)C1(O)CCCCC1. The Labute approximate surface area is 187 Å². The summed E-state index contributed by atoms with van der Waals surface area (Å²) in [6, 6.07) is 6.89. The van der Waals surface area contributed by atoms with Gasteiger partial charge in [-0.15, -0.1) is 0 Å².